The summed E-state index contributed by atoms with van der Waals surface area (Å²) in [5.41, 5.74) is 1.20. The van der Waals surface area contributed by atoms with E-state index < -0.39 is 0 Å². The van der Waals surface area contributed by atoms with Crippen molar-refractivity contribution in [3.05, 3.63) is 24.1 Å². The third-order valence-electron chi connectivity index (χ3n) is 1.65. The molecule has 72 valence electrons. The van der Waals surface area contributed by atoms with Crippen molar-refractivity contribution in [1.82, 2.24) is 19.9 Å². The van der Waals surface area contributed by atoms with E-state index in [9.17, 15) is 0 Å². The van der Waals surface area contributed by atoms with Crippen LogP contribution in [0, 0.1) is 0 Å². The maximum Gasteiger partial charge on any atom is 0.226 e. The molecule has 0 atom stereocenters. The number of aromatic nitrogens is 4. The lowest BCUT2D eigenvalue weighted by molar-refractivity contribution is 1.14. The fourth-order valence-corrected chi connectivity index (χ4v) is 1.26. The lowest BCUT2D eigenvalue weighted by Gasteiger charge is -2.01. The Labute approximate surface area is 85.2 Å². The third-order valence-corrected chi connectivity index (χ3v) is 1.92. The summed E-state index contributed by atoms with van der Waals surface area (Å²) in [5, 5.41) is 3.30. The van der Waals surface area contributed by atoms with Gasteiger partial charge in [0.15, 0.2) is 10.8 Å². The van der Waals surface area contributed by atoms with E-state index in [0.717, 1.165) is 0 Å². The van der Waals surface area contributed by atoms with Crippen molar-refractivity contribution >= 4 is 28.7 Å². The molecule has 2 aromatic rings. The molecule has 0 bridgehead atoms. The van der Waals surface area contributed by atoms with Gasteiger partial charge in [-0.2, -0.15) is 9.97 Å². The predicted octanol–water partition coefficient (Wildman–Crippen LogP) is 1.60. The van der Waals surface area contributed by atoms with Crippen molar-refractivity contribution in [2.75, 3.05) is 11.9 Å². The van der Waals surface area contributed by atoms with E-state index in [2.05, 4.69) is 31.8 Å². The van der Waals surface area contributed by atoms with Gasteiger partial charge in [-0.1, -0.05) is 17.7 Å². The van der Waals surface area contributed by atoms with Crippen LogP contribution in [0.15, 0.2) is 19.0 Å². The molecule has 0 saturated carbocycles. The summed E-state index contributed by atoms with van der Waals surface area (Å²) in [6.07, 6.45) is 3.24. The smallest absolute Gasteiger partial charge is 0.226 e. The van der Waals surface area contributed by atoms with Gasteiger partial charge in [-0.05, 0) is 0 Å². The molecule has 5 nitrogen and oxygen atoms in total. The standard InChI is InChI=1S/C8H8ClN5/c1-2-3-10-8-13-6(9)5-7(14-8)12-4-11-5/h2,4H,1,3H2,(H2,10,11,12,13,14). The van der Waals surface area contributed by atoms with Crippen molar-refractivity contribution in [3.63, 3.8) is 0 Å². The Hall–Kier alpha value is -1.62. The number of halogens is 1. The number of hydrogen-bond donors (Lipinski definition) is 2. The van der Waals surface area contributed by atoms with E-state index in [4.69, 9.17) is 11.6 Å². The molecule has 0 unspecified atom stereocenters. The first-order valence-electron chi connectivity index (χ1n) is 4.02. The van der Waals surface area contributed by atoms with Crippen LogP contribution < -0.4 is 5.32 Å². The molecule has 0 spiro atoms. The summed E-state index contributed by atoms with van der Waals surface area (Å²) < 4.78 is 0. The molecule has 0 aliphatic heterocycles. The Morgan fingerprint density at radius 3 is 3.21 bits per heavy atom. The topological polar surface area (TPSA) is 66.5 Å². The highest BCUT2D eigenvalue weighted by Gasteiger charge is 2.06. The number of nitrogens with one attached hydrogen (secondary N) is 2. The van der Waals surface area contributed by atoms with Crippen molar-refractivity contribution in [1.29, 1.82) is 0 Å². The summed E-state index contributed by atoms with van der Waals surface area (Å²) >= 11 is 5.89. The highest BCUT2D eigenvalue weighted by Crippen LogP contribution is 2.17. The zero-order valence-electron chi connectivity index (χ0n) is 7.29. The van der Waals surface area contributed by atoms with E-state index in [0.29, 0.717) is 28.8 Å². The molecule has 0 radical (unpaired) electrons. The molecule has 2 rings (SSSR count). The maximum absolute atomic E-state index is 5.89. The Kier molecular flexibility index (Phi) is 2.32. The first kappa shape index (κ1) is 8.96. The van der Waals surface area contributed by atoms with Crippen LogP contribution in [0.4, 0.5) is 5.95 Å². The second-order valence-electron chi connectivity index (χ2n) is 2.61. The zero-order valence-corrected chi connectivity index (χ0v) is 8.04. The van der Waals surface area contributed by atoms with Gasteiger partial charge in [0.2, 0.25) is 5.95 Å². The number of imidazole rings is 1. The highest BCUT2D eigenvalue weighted by atomic mass is 35.5. The number of rotatable bonds is 3. The van der Waals surface area contributed by atoms with Crippen LogP contribution in [0.1, 0.15) is 0 Å². The lowest BCUT2D eigenvalue weighted by atomic mass is 10.5. The molecule has 14 heavy (non-hydrogen) atoms. The summed E-state index contributed by atoms with van der Waals surface area (Å²) in [4.78, 5) is 15.0. The molecule has 0 fully saturated rings. The van der Waals surface area contributed by atoms with Gasteiger partial charge in [-0.25, -0.2) is 4.98 Å². The Balaban J connectivity index is 2.42. The average Bonchev–Trinajstić information content (AvgIpc) is 2.63. The van der Waals surface area contributed by atoms with Crippen molar-refractivity contribution in [3.8, 4) is 0 Å². The van der Waals surface area contributed by atoms with Gasteiger partial charge in [0, 0.05) is 6.54 Å². The Morgan fingerprint density at radius 2 is 2.43 bits per heavy atom. The molecule has 0 saturated heterocycles. The number of anilines is 1. The molecule has 0 aliphatic carbocycles. The van der Waals surface area contributed by atoms with E-state index in [-0.39, 0.29) is 0 Å². The van der Waals surface area contributed by atoms with E-state index >= 15 is 0 Å². The van der Waals surface area contributed by atoms with Crippen LogP contribution in [-0.4, -0.2) is 26.5 Å². The number of fused-ring (bicyclic) bond motifs is 1. The van der Waals surface area contributed by atoms with E-state index in [1.807, 2.05) is 0 Å². The minimum absolute atomic E-state index is 0.360. The molecule has 2 heterocycles. The van der Waals surface area contributed by atoms with Crippen molar-refractivity contribution in [2.45, 2.75) is 0 Å². The average molecular weight is 210 g/mol. The molecule has 2 N–H and O–H groups in total. The molecule has 0 amide bonds. The highest BCUT2D eigenvalue weighted by molar-refractivity contribution is 6.33. The van der Waals surface area contributed by atoms with Gasteiger partial charge in [0.1, 0.15) is 5.52 Å². The molecule has 0 aromatic carbocycles. The summed E-state index contributed by atoms with van der Waals surface area (Å²) in [6, 6.07) is 0. The van der Waals surface area contributed by atoms with Gasteiger partial charge in [0.05, 0.1) is 6.33 Å². The van der Waals surface area contributed by atoms with Crippen LogP contribution in [0.2, 0.25) is 5.15 Å². The first-order chi connectivity index (χ1) is 6.81. The number of hydrogen-bond acceptors (Lipinski definition) is 4. The first-order valence-corrected chi connectivity index (χ1v) is 4.40. The van der Waals surface area contributed by atoms with Gasteiger partial charge in [-0.3, -0.25) is 0 Å². The number of aromatic amines is 1. The fraction of sp³-hybridized carbons (Fsp3) is 0.125. The number of nitrogens with zero attached hydrogens (tertiary/aromatic N) is 3. The largest absolute Gasteiger partial charge is 0.351 e. The molecule has 2 aromatic heterocycles. The van der Waals surface area contributed by atoms with Crippen molar-refractivity contribution in [2.24, 2.45) is 0 Å². The molecule has 0 aliphatic rings. The maximum atomic E-state index is 5.89. The van der Waals surface area contributed by atoms with Gasteiger partial charge >= 0.3 is 0 Å². The van der Waals surface area contributed by atoms with Gasteiger partial charge in [-0.15, -0.1) is 6.58 Å². The van der Waals surface area contributed by atoms with Crippen LogP contribution in [0.25, 0.3) is 11.2 Å². The number of H-pyrrole nitrogens is 1. The normalized spacial score (nSPS) is 10.4. The summed E-state index contributed by atoms with van der Waals surface area (Å²) in [5.74, 6) is 0.453. The van der Waals surface area contributed by atoms with Crippen LogP contribution in [0.3, 0.4) is 0 Å². The second kappa shape index (κ2) is 3.63. The summed E-state index contributed by atoms with van der Waals surface area (Å²) in [7, 11) is 0. The van der Waals surface area contributed by atoms with E-state index in [1.54, 1.807) is 6.08 Å². The van der Waals surface area contributed by atoms with Crippen molar-refractivity contribution < 1.29 is 0 Å². The fourth-order valence-electron chi connectivity index (χ4n) is 1.04. The van der Waals surface area contributed by atoms with Gasteiger partial charge < -0.3 is 10.3 Å². The quantitative estimate of drug-likeness (QED) is 0.595. The van der Waals surface area contributed by atoms with Crippen LogP contribution >= 0.6 is 11.6 Å². The monoisotopic (exact) mass is 209 g/mol. The SMILES string of the molecule is C=CCNc1nc(Cl)c2[nH]cnc2n1. The lowest BCUT2D eigenvalue weighted by Crippen LogP contribution is -2.03. The van der Waals surface area contributed by atoms with Crippen LogP contribution in [0.5, 0.6) is 0 Å². The Morgan fingerprint density at radius 1 is 1.57 bits per heavy atom. The molecule has 6 heteroatoms. The molecular weight excluding hydrogens is 202 g/mol. The second-order valence-corrected chi connectivity index (χ2v) is 2.97. The predicted molar refractivity (Wildman–Crippen MR) is 55.4 cm³/mol. The van der Waals surface area contributed by atoms with E-state index in [1.165, 1.54) is 6.33 Å². The summed E-state index contributed by atoms with van der Waals surface area (Å²) in [6.45, 7) is 4.17. The van der Waals surface area contributed by atoms with Gasteiger partial charge in [0.25, 0.3) is 0 Å². The minimum Gasteiger partial charge on any atom is -0.351 e. The Bertz CT molecular complexity index is 464. The molecular formula is C8H8ClN5. The minimum atomic E-state index is 0.360. The van der Waals surface area contributed by atoms with Crippen LogP contribution in [-0.2, 0) is 0 Å². The zero-order chi connectivity index (χ0) is 9.97. The third kappa shape index (κ3) is 1.54.